The highest BCUT2D eigenvalue weighted by Gasteiger charge is 2.04. The van der Waals surface area contributed by atoms with E-state index in [9.17, 15) is 0 Å². The van der Waals surface area contributed by atoms with E-state index in [1.807, 2.05) is 30.3 Å². The van der Waals surface area contributed by atoms with Crippen molar-refractivity contribution in [1.82, 2.24) is 10.2 Å². The number of para-hydroxylation sites is 1. The van der Waals surface area contributed by atoms with Gasteiger partial charge in [0.2, 0.25) is 5.89 Å². The minimum atomic E-state index is 0.393. The van der Waals surface area contributed by atoms with Gasteiger partial charge in [0, 0.05) is 18.7 Å². The van der Waals surface area contributed by atoms with E-state index in [2.05, 4.69) is 15.5 Å². The number of hydrogen-bond donors (Lipinski definition) is 2. The summed E-state index contributed by atoms with van der Waals surface area (Å²) in [5, 5.41) is 10.7. The van der Waals surface area contributed by atoms with Crippen LogP contribution < -0.4 is 11.1 Å². The van der Waals surface area contributed by atoms with Gasteiger partial charge in [0.25, 0.3) is 0 Å². The summed E-state index contributed by atoms with van der Waals surface area (Å²) in [6.07, 6.45) is 0.601. The molecule has 1 aromatic heterocycles. The highest BCUT2D eigenvalue weighted by atomic mass is 16.4. The van der Waals surface area contributed by atoms with E-state index in [1.165, 1.54) is 0 Å². The second kappa shape index (κ2) is 4.56. The average Bonchev–Trinajstić information content (AvgIpc) is 2.68. The van der Waals surface area contributed by atoms with Gasteiger partial charge in [-0.3, -0.25) is 0 Å². The molecule has 0 saturated carbocycles. The van der Waals surface area contributed by atoms with E-state index >= 15 is 0 Å². The molecule has 0 radical (unpaired) electrons. The van der Waals surface area contributed by atoms with E-state index in [4.69, 9.17) is 10.2 Å². The number of benzene rings is 1. The third-order valence-electron chi connectivity index (χ3n) is 1.85. The van der Waals surface area contributed by atoms with E-state index in [0.29, 0.717) is 24.9 Å². The summed E-state index contributed by atoms with van der Waals surface area (Å²) < 4.78 is 5.31. The molecule has 2 rings (SSSR count). The van der Waals surface area contributed by atoms with Crippen molar-refractivity contribution in [3.8, 4) is 0 Å². The van der Waals surface area contributed by atoms with Crippen LogP contribution >= 0.6 is 0 Å². The van der Waals surface area contributed by atoms with Crippen molar-refractivity contribution in [2.24, 2.45) is 5.73 Å². The first kappa shape index (κ1) is 9.67. The zero-order valence-corrected chi connectivity index (χ0v) is 8.18. The quantitative estimate of drug-likeness (QED) is 0.785. The topological polar surface area (TPSA) is 77.0 Å². The van der Waals surface area contributed by atoms with Crippen LogP contribution in [0.5, 0.6) is 0 Å². The van der Waals surface area contributed by atoms with Gasteiger partial charge in [0.1, 0.15) is 0 Å². The molecule has 5 nitrogen and oxygen atoms in total. The monoisotopic (exact) mass is 204 g/mol. The van der Waals surface area contributed by atoms with Gasteiger partial charge in [-0.15, -0.1) is 5.10 Å². The van der Waals surface area contributed by atoms with Crippen LogP contribution in [0.2, 0.25) is 0 Å². The fourth-order valence-corrected chi connectivity index (χ4v) is 1.17. The normalized spacial score (nSPS) is 10.2. The largest absolute Gasteiger partial charge is 0.408 e. The molecule has 0 bridgehead atoms. The fourth-order valence-electron chi connectivity index (χ4n) is 1.17. The molecular formula is C10H12N4O. The smallest absolute Gasteiger partial charge is 0.320 e. The van der Waals surface area contributed by atoms with Gasteiger partial charge in [0.05, 0.1) is 0 Å². The Hall–Kier alpha value is -1.88. The Balaban J connectivity index is 2.05. The minimum absolute atomic E-state index is 0.393. The number of rotatable bonds is 4. The van der Waals surface area contributed by atoms with Crippen LogP contribution in [0, 0.1) is 0 Å². The second-order valence-electron chi connectivity index (χ2n) is 3.03. The summed E-state index contributed by atoms with van der Waals surface area (Å²) in [4.78, 5) is 0. The van der Waals surface area contributed by atoms with Crippen molar-refractivity contribution >= 4 is 11.7 Å². The van der Waals surface area contributed by atoms with Crippen molar-refractivity contribution < 1.29 is 4.42 Å². The molecule has 3 N–H and O–H groups in total. The first-order chi connectivity index (χ1) is 7.38. The maximum absolute atomic E-state index is 5.37. The molecule has 78 valence electrons. The third-order valence-corrected chi connectivity index (χ3v) is 1.85. The van der Waals surface area contributed by atoms with Crippen molar-refractivity contribution in [3.63, 3.8) is 0 Å². The average molecular weight is 204 g/mol. The van der Waals surface area contributed by atoms with E-state index in [1.54, 1.807) is 0 Å². The van der Waals surface area contributed by atoms with Gasteiger partial charge in [-0.1, -0.05) is 23.3 Å². The molecule has 15 heavy (non-hydrogen) atoms. The summed E-state index contributed by atoms with van der Waals surface area (Å²) in [7, 11) is 0. The number of anilines is 2. The van der Waals surface area contributed by atoms with Gasteiger partial charge >= 0.3 is 6.01 Å². The molecule has 0 unspecified atom stereocenters. The van der Waals surface area contributed by atoms with Crippen LogP contribution in [0.3, 0.4) is 0 Å². The summed E-state index contributed by atoms with van der Waals surface area (Å²) in [5.41, 5.74) is 6.29. The lowest BCUT2D eigenvalue weighted by Crippen LogP contribution is -2.02. The second-order valence-corrected chi connectivity index (χ2v) is 3.03. The van der Waals surface area contributed by atoms with E-state index in [-0.39, 0.29) is 0 Å². The summed E-state index contributed by atoms with van der Waals surface area (Å²) in [6, 6.07) is 10.0. The van der Waals surface area contributed by atoms with Crippen LogP contribution in [0.25, 0.3) is 0 Å². The molecule has 0 saturated heterocycles. The Morgan fingerprint density at radius 2 is 2.00 bits per heavy atom. The lowest BCUT2D eigenvalue weighted by atomic mass is 10.3. The molecule has 0 aliphatic heterocycles. The standard InChI is InChI=1S/C10H12N4O/c11-7-6-9-13-14-10(15-9)12-8-4-2-1-3-5-8/h1-5H,6-7,11H2,(H,12,14). The van der Waals surface area contributed by atoms with Crippen LogP contribution in [0.4, 0.5) is 11.7 Å². The Kier molecular flexibility index (Phi) is 2.94. The maximum Gasteiger partial charge on any atom is 0.320 e. The number of hydrogen-bond acceptors (Lipinski definition) is 5. The number of nitrogens with two attached hydrogens (primary N) is 1. The molecule has 1 heterocycles. The lowest BCUT2D eigenvalue weighted by molar-refractivity contribution is 0.510. The molecule has 0 aliphatic rings. The molecule has 0 aliphatic carbocycles. The van der Waals surface area contributed by atoms with E-state index < -0.39 is 0 Å². The Labute approximate surface area is 87.3 Å². The summed E-state index contributed by atoms with van der Waals surface area (Å²) >= 11 is 0. The van der Waals surface area contributed by atoms with Crippen LogP contribution in [0.15, 0.2) is 34.7 Å². The molecule has 2 aromatic rings. The molecule has 0 amide bonds. The predicted octanol–water partition coefficient (Wildman–Crippen LogP) is 1.31. The van der Waals surface area contributed by atoms with Crippen LogP contribution in [-0.2, 0) is 6.42 Å². The molecule has 5 heteroatoms. The lowest BCUT2D eigenvalue weighted by Gasteiger charge is -1.98. The van der Waals surface area contributed by atoms with E-state index in [0.717, 1.165) is 5.69 Å². The molecule has 0 fully saturated rings. The number of nitrogens with one attached hydrogen (secondary N) is 1. The summed E-state index contributed by atoms with van der Waals surface area (Å²) in [6.45, 7) is 0.507. The fraction of sp³-hybridized carbons (Fsp3) is 0.200. The maximum atomic E-state index is 5.37. The summed E-state index contributed by atoms with van der Waals surface area (Å²) in [5.74, 6) is 0.552. The van der Waals surface area contributed by atoms with Crippen LogP contribution in [0.1, 0.15) is 5.89 Å². The van der Waals surface area contributed by atoms with Gasteiger partial charge in [-0.2, -0.15) is 0 Å². The Morgan fingerprint density at radius 1 is 1.20 bits per heavy atom. The Bertz CT molecular complexity index is 412. The minimum Gasteiger partial charge on any atom is -0.408 e. The highest BCUT2D eigenvalue weighted by Crippen LogP contribution is 2.14. The van der Waals surface area contributed by atoms with Crippen LogP contribution in [-0.4, -0.2) is 16.7 Å². The van der Waals surface area contributed by atoms with Crippen molar-refractivity contribution in [2.75, 3.05) is 11.9 Å². The van der Waals surface area contributed by atoms with Crippen molar-refractivity contribution in [1.29, 1.82) is 0 Å². The zero-order chi connectivity index (χ0) is 10.5. The predicted molar refractivity (Wildman–Crippen MR) is 56.8 cm³/mol. The van der Waals surface area contributed by atoms with Crippen molar-refractivity contribution in [2.45, 2.75) is 6.42 Å². The Morgan fingerprint density at radius 3 is 2.73 bits per heavy atom. The van der Waals surface area contributed by atoms with Gasteiger partial charge in [-0.05, 0) is 12.1 Å². The molecule has 0 atom stereocenters. The first-order valence-electron chi connectivity index (χ1n) is 4.73. The SMILES string of the molecule is NCCc1nnc(Nc2ccccc2)o1. The third kappa shape index (κ3) is 2.54. The van der Waals surface area contributed by atoms with Gasteiger partial charge in [0.15, 0.2) is 0 Å². The molecule has 0 spiro atoms. The zero-order valence-electron chi connectivity index (χ0n) is 8.18. The van der Waals surface area contributed by atoms with Gasteiger partial charge in [-0.25, -0.2) is 0 Å². The molecule has 1 aromatic carbocycles. The number of aromatic nitrogens is 2. The first-order valence-corrected chi connectivity index (χ1v) is 4.73. The number of nitrogens with zero attached hydrogens (tertiary/aromatic N) is 2. The van der Waals surface area contributed by atoms with Crippen molar-refractivity contribution in [3.05, 3.63) is 36.2 Å². The molecular weight excluding hydrogens is 192 g/mol. The highest BCUT2D eigenvalue weighted by molar-refractivity contribution is 5.50. The van der Waals surface area contributed by atoms with Gasteiger partial charge < -0.3 is 15.5 Å².